The van der Waals surface area contributed by atoms with Gasteiger partial charge in [-0.2, -0.15) is 0 Å². The van der Waals surface area contributed by atoms with Gasteiger partial charge in [-0.3, -0.25) is 9.59 Å². The predicted molar refractivity (Wildman–Crippen MR) is 132 cm³/mol. The smallest absolute Gasteiger partial charge is 0.328 e. The van der Waals surface area contributed by atoms with Crippen LogP contribution in [0.4, 0.5) is 10.1 Å². The zero-order valence-electron chi connectivity index (χ0n) is 19.0. The number of carbonyl (C=O) groups is 3. The Balaban J connectivity index is 1.57. The summed E-state index contributed by atoms with van der Waals surface area (Å²) in [5.41, 5.74) is 1.19. The van der Waals surface area contributed by atoms with Crippen LogP contribution < -0.4 is 10.6 Å². The van der Waals surface area contributed by atoms with E-state index in [2.05, 4.69) is 10.6 Å². The Morgan fingerprint density at radius 3 is 2.29 bits per heavy atom. The maximum atomic E-state index is 14.0. The second-order valence-corrected chi connectivity index (χ2v) is 7.94. The first-order chi connectivity index (χ1) is 16.9. The van der Waals surface area contributed by atoms with E-state index in [4.69, 9.17) is 4.74 Å². The number of benzene rings is 4. The van der Waals surface area contributed by atoms with Crippen molar-refractivity contribution in [2.45, 2.75) is 12.5 Å². The SMILES string of the molecule is COC(=O)[C@H](Cc1ccccc1)NC(=O)c1ccc(F)cc1NC(=O)c1ccc2ccccc2c1. The third kappa shape index (κ3) is 5.70. The number of hydrogen-bond donors (Lipinski definition) is 2. The fourth-order valence-corrected chi connectivity index (χ4v) is 3.76. The van der Waals surface area contributed by atoms with Gasteiger partial charge in [0.2, 0.25) is 0 Å². The summed E-state index contributed by atoms with van der Waals surface area (Å²) in [7, 11) is 1.24. The molecule has 0 spiro atoms. The Morgan fingerprint density at radius 2 is 1.54 bits per heavy atom. The normalized spacial score (nSPS) is 11.5. The Hall–Kier alpha value is -4.52. The van der Waals surface area contributed by atoms with Gasteiger partial charge in [0.25, 0.3) is 11.8 Å². The topological polar surface area (TPSA) is 84.5 Å². The van der Waals surface area contributed by atoms with Crippen LogP contribution in [0.5, 0.6) is 0 Å². The van der Waals surface area contributed by atoms with Crippen molar-refractivity contribution in [3.05, 3.63) is 114 Å². The summed E-state index contributed by atoms with van der Waals surface area (Å²) >= 11 is 0. The van der Waals surface area contributed by atoms with Gasteiger partial charge < -0.3 is 15.4 Å². The van der Waals surface area contributed by atoms with E-state index < -0.39 is 29.6 Å². The number of anilines is 1. The van der Waals surface area contributed by atoms with E-state index >= 15 is 0 Å². The van der Waals surface area contributed by atoms with Gasteiger partial charge in [0, 0.05) is 12.0 Å². The Morgan fingerprint density at radius 1 is 0.829 bits per heavy atom. The molecule has 1 atom stereocenters. The molecule has 6 nitrogen and oxygen atoms in total. The lowest BCUT2D eigenvalue weighted by Crippen LogP contribution is -2.43. The molecule has 0 radical (unpaired) electrons. The number of fused-ring (bicyclic) bond motifs is 1. The summed E-state index contributed by atoms with van der Waals surface area (Å²) < 4.78 is 18.9. The summed E-state index contributed by atoms with van der Waals surface area (Å²) in [6.07, 6.45) is 0.208. The molecule has 0 unspecified atom stereocenters. The van der Waals surface area contributed by atoms with Gasteiger partial charge in [-0.05, 0) is 46.7 Å². The molecular weight excluding hydrogens is 447 g/mol. The van der Waals surface area contributed by atoms with E-state index in [0.29, 0.717) is 5.56 Å². The van der Waals surface area contributed by atoms with Crippen LogP contribution in [0.1, 0.15) is 26.3 Å². The monoisotopic (exact) mass is 470 g/mol. The molecule has 7 heteroatoms. The van der Waals surface area contributed by atoms with Crippen LogP contribution in [0.15, 0.2) is 91.0 Å². The number of methoxy groups -OCH3 is 1. The molecule has 0 aliphatic heterocycles. The van der Waals surface area contributed by atoms with Crippen LogP contribution in [0.3, 0.4) is 0 Å². The van der Waals surface area contributed by atoms with Crippen LogP contribution in [0, 0.1) is 5.82 Å². The van der Waals surface area contributed by atoms with Gasteiger partial charge in [0.1, 0.15) is 11.9 Å². The number of halogens is 1. The van der Waals surface area contributed by atoms with Crippen LogP contribution in [-0.2, 0) is 16.0 Å². The van der Waals surface area contributed by atoms with Crippen molar-refractivity contribution in [2.24, 2.45) is 0 Å². The lowest BCUT2D eigenvalue weighted by atomic mass is 10.0. The predicted octanol–water partition coefficient (Wildman–Crippen LogP) is 4.75. The zero-order valence-corrected chi connectivity index (χ0v) is 19.0. The van der Waals surface area contributed by atoms with Crippen molar-refractivity contribution >= 4 is 34.2 Å². The third-order valence-electron chi connectivity index (χ3n) is 5.56. The van der Waals surface area contributed by atoms with Crippen molar-refractivity contribution in [1.82, 2.24) is 5.32 Å². The fourth-order valence-electron chi connectivity index (χ4n) is 3.76. The molecule has 35 heavy (non-hydrogen) atoms. The van der Waals surface area contributed by atoms with Crippen molar-refractivity contribution in [3.8, 4) is 0 Å². The van der Waals surface area contributed by atoms with E-state index in [1.54, 1.807) is 12.1 Å². The Labute approximate surface area is 201 Å². The van der Waals surface area contributed by atoms with E-state index in [1.165, 1.54) is 13.2 Å². The quantitative estimate of drug-likeness (QED) is 0.382. The summed E-state index contributed by atoms with van der Waals surface area (Å²) in [6.45, 7) is 0. The van der Waals surface area contributed by atoms with Crippen LogP contribution in [0.2, 0.25) is 0 Å². The number of nitrogens with one attached hydrogen (secondary N) is 2. The second kappa shape index (κ2) is 10.6. The van der Waals surface area contributed by atoms with Gasteiger partial charge >= 0.3 is 5.97 Å². The largest absolute Gasteiger partial charge is 0.467 e. The number of esters is 1. The number of carbonyl (C=O) groups excluding carboxylic acids is 3. The molecule has 4 rings (SSSR count). The van der Waals surface area contributed by atoms with Crippen molar-refractivity contribution in [1.29, 1.82) is 0 Å². The Bertz CT molecular complexity index is 1390. The van der Waals surface area contributed by atoms with E-state index in [-0.39, 0.29) is 17.7 Å². The highest BCUT2D eigenvalue weighted by Crippen LogP contribution is 2.21. The van der Waals surface area contributed by atoms with Crippen molar-refractivity contribution in [3.63, 3.8) is 0 Å². The highest BCUT2D eigenvalue weighted by atomic mass is 19.1. The third-order valence-corrected chi connectivity index (χ3v) is 5.56. The average molecular weight is 471 g/mol. The van der Waals surface area contributed by atoms with Crippen molar-refractivity contribution < 1.29 is 23.5 Å². The molecule has 0 bridgehead atoms. The first-order valence-corrected chi connectivity index (χ1v) is 11.0. The average Bonchev–Trinajstić information content (AvgIpc) is 2.88. The number of hydrogen-bond acceptors (Lipinski definition) is 4. The van der Waals surface area contributed by atoms with Crippen LogP contribution >= 0.6 is 0 Å². The zero-order chi connectivity index (χ0) is 24.8. The van der Waals surface area contributed by atoms with E-state index in [0.717, 1.165) is 28.5 Å². The summed E-state index contributed by atoms with van der Waals surface area (Å²) in [5, 5.41) is 7.11. The molecule has 176 valence electrons. The first-order valence-electron chi connectivity index (χ1n) is 11.0. The Kier molecular flexibility index (Phi) is 7.16. The number of rotatable bonds is 7. The molecule has 0 heterocycles. The maximum Gasteiger partial charge on any atom is 0.328 e. The molecule has 0 saturated heterocycles. The highest BCUT2D eigenvalue weighted by Gasteiger charge is 2.24. The van der Waals surface area contributed by atoms with Crippen molar-refractivity contribution in [2.75, 3.05) is 12.4 Å². The minimum atomic E-state index is -0.969. The van der Waals surface area contributed by atoms with Gasteiger partial charge in [-0.1, -0.05) is 60.7 Å². The summed E-state index contributed by atoms with van der Waals surface area (Å²) in [4.78, 5) is 38.3. The van der Waals surface area contributed by atoms with Crippen LogP contribution in [-0.4, -0.2) is 30.9 Å². The van der Waals surface area contributed by atoms with Gasteiger partial charge in [0.05, 0.1) is 18.4 Å². The minimum absolute atomic E-state index is 0.0102. The lowest BCUT2D eigenvalue weighted by Gasteiger charge is -2.18. The highest BCUT2D eigenvalue weighted by molar-refractivity contribution is 6.10. The van der Waals surface area contributed by atoms with Gasteiger partial charge in [-0.25, -0.2) is 9.18 Å². The maximum absolute atomic E-state index is 14.0. The molecule has 2 N–H and O–H groups in total. The second-order valence-electron chi connectivity index (χ2n) is 7.94. The molecule has 4 aromatic rings. The standard InChI is InChI=1S/C28H23FN2O4/c1-35-28(34)25(15-18-7-3-2-4-8-18)31-27(33)23-14-13-22(29)17-24(23)30-26(32)21-12-11-19-9-5-6-10-20(19)16-21/h2-14,16-17,25H,15H2,1H3,(H,30,32)(H,31,33)/t25-/m0/s1. The molecule has 0 aromatic heterocycles. The van der Waals surface area contributed by atoms with E-state index in [9.17, 15) is 18.8 Å². The molecule has 0 aliphatic carbocycles. The van der Waals surface area contributed by atoms with E-state index in [1.807, 2.05) is 60.7 Å². The molecular formula is C28H23FN2O4. The molecule has 0 fully saturated rings. The lowest BCUT2D eigenvalue weighted by molar-refractivity contribution is -0.142. The summed E-state index contributed by atoms with van der Waals surface area (Å²) in [6, 6.07) is 24.4. The van der Waals surface area contributed by atoms with Gasteiger partial charge in [0.15, 0.2) is 0 Å². The minimum Gasteiger partial charge on any atom is -0.467 e. The molecule has 2 amide bonds. The summed E-state index contributed by atoms with van der Waals surface area (Å²) in [5.74, 6) is -2.38. The molecule has 0 aliphatic rings. The first kappa shape index (κ1) is 23.6. The molecule has 0 saturated carbocycles. The number of ether oxygens (including phenoxy) is 1. The molecule has 4 aromatic carbocycles. The van der Waals surface area contributed by atoms with Crippen LogP contribution in [0.25, 0.3) is 10.8 Å². The number of amides is 2. The fraction of sp³-hybridized carbons (Fsp3) is 0.107. The van der Waals surface area contributed by atoms with Gasteiger partial charge in [-0.15, -0.1) is 0 Å².